The molecular formula is C14H19BrN4O. The van der Waals surface area contributed by atoms with Crippen molar-refractivity contribution in [2.24, 2.45) is 0 Å². The van der Waals surface area contributed by atoms with Crippen LogP contribution in [-0.4, -0.2) is 15.0 Å². The second-order valence-corrected chi connectivity index (χ2v) is 6.39. The number of rotatable bonds is 4. The summed E-state index contributed by atoms with van der Waals surface area (Å²) in [7, 11) is 0. The van der Waals surface area contributed by atoms with Crippen molar-refractivity contribution in [3.05, 3.63) is 34.3 Å². The Morgan fingerprint density at radius 2 is 2.05 bits per heavy atom. The monoisotopic (exact) mass is 338 g/mol. The van der Waals surface area contributed by atoms with Gasteiger partial charge in [0.15, 0.2) is 0 Å². The topological polar surface area (TPSA) is 63.8 Å². The van der Waals surface area contributed by atoms with Gasteiger partial charge in [-0.1, -0.05) is 27.7 Å². The van der Waals surface area contributed by atoms with Crippen molar-refractivity contribution in [2.75, 3.05) is 5.32 Å². The summed E-state index contributed by atoms with van der Waals surface area (Å²) in [6.07, 6.45) is 2.60. The third-order valence-electron chi connectivity index (χ3n) is 2.74. The second-order valence-electron chi connectivity index (χ2n) is 5.58. The highest BCUT2D eigenvalue weighted by Gasteiger charge is 2.18. The molecule has 0 aliphatic rings. The Hall–Kier alpha value is -1.43. The fourth-order valence-electron chi connectivity index (χ4n) is 1.60. The number of oxazole rings is 1. The van der Waals surface area contributed by atoms with E-state index in [1.807, 2.05) is 13.0 Å². The molecule has 20 heavy (non-hydrogen) atoms. The molecule has 2 rings (SSSR count). The molecule has 0 unspecified atom stereocenters. The Kier molecular flexibility index (Phi) is 4.42. The van der Waals surface area contributed by atoms with Crippen molar-refractivity contribution in [2.45, 2.75) is 46.1 Å². The molecule has 0 spiro atoms. The first-order valence-corrected chi connectivity index (χ1v) is 7.40. The highest BCUT2D eigenvalue weighted by Crippen LogP contribution is 2.22. The molecule has 0 saturated carbocycles. The quantitative estimate of drug-likeness (QED) is 0.861. The number of aryl methyl sites for hydroxylation is 1. The summed E-state index contributed by atoms with van der Waals surface area (Å²) in [5.74, 6) is 3.10. The van der Waals surface area contributed by atoms with Gasteiger partial charge in [-0.25, -0.2) is 15.0 Å². The van der Waals surface area contributed by atoms with Gasteiger partial charge >= 0.3 is 0 Å². The summed E-state index contributed by atoms with van der Waals surface area (Å²) in [5.41, 5.74) is -0.0987. The maximum atomic E-state index is 5.55. The van der Waals surface area contributed by atoms with Gasteiger partial charge in [0.1, 0.15) is 22.0 Å². The first-order chi connectivity index (χ1) is 9.38. The van der Waals surface area contributed by atoms with Crippen LogP contribution in [0.3, 0.4) is 0 Å². The third-order valence-corrected chi connectivity index (χ3v) is 3.14. The summed E-state index contributed by atoms with van der Waals surface area (Å²) < 4.78 is 6.32. The smallest absolute Gasteiger partial charge is 0.213 e. The highest BCUT2D eigenvalue weighted by atomic mass is 79.9. The molecule has 5 nitrogen and oxygen atoms in total. The molecule has 0 fully saturated rings. The standard InChI is InChI=1S/C14H19BrN4O/c1-5-9-7-17-12(20-9)8-16-11-6-10(15)18-13(19-11)14(2,3)4/h6-7H,5,8H2,1-4H3,(H,16,18,19). The fraction of sp³-hybridized carbons (Fsp3) is 0.500. The lowest BCUT2D eigenvalue weighted by Crippen LogP contribution is -2.17. The lowest BCUT2D eigenvalue weighted by molar-refractivity contribution is 0.465. The number of halogens is 1. The molecular weight excluding hydrogens is 320 g/mol. The molecule has 0 atom stereocenters. The van der Waals surface area contributed by atoms with E-state index in [4.69, 9.17) is 4.42 Å². The first kappa shape index (κ1) is 15.0. The molecule has 0 bridgehead atoms. The minimum Gasteiger partial charge on any atom is -0.444 e. The number of anilines is 1. The number of hydrogen-bond donors (Lipinski definition) is 1. The van der Waals surface area contributed by atoms with Crippen LogP contribution in [0, 0.1) is 0 Å². The van der Waals surface area contributed by atoms with Crippen LogP contribution in [-0.2, 0) is 18.4 Å². The van der Waals surface area contributed by atoms with E-state index >= 15 is 0 Å². The lowest BCUT2D eigenvalue weighted by atomic mass is 9.96. The van der Waals surface area contributed by atoms with Crippen LogP contribution >= 0.6 is 15.9 Å². The van der Waals surface area contributed by atoms with Gasteiger partial charge in [-0.3, -0.25) is 0 Å². The minimum absolute atomic E-state index is 0.0987. The van der Waals surface area contributed by atoms with Crippen LogP contribution in [0.25, 0.3) is 0 Å². The van der Waals surface area contributed by atoms with Crippen molar-refractivity contribution in [3.63, 3.8) is 0 Å². The zero-order valence-corrected chi connectivity index (χ0v) is 13.8. The third kappa shape index (κ3) is 3.79. The van der Waals surface area contributed by atoms with E-state index in [1.165, 1.54) is 0 Å². The fourth-order valence-corrected chi connectivity index (χ4v) is 1.99. The van der Waals surface area contributed by atoms with Gasteiger partial charge in [0.25, 0.3) is 0 Å². The first-order valence-electron chi connectivity index (χ1n) is 6.61. The Balaban J connectivity index is 2.11. The summed E-state index contributed by atoms with van der Waals surface area (Å²) in [4.78, 5) is 13.1. The molecule has 0 amide bonds. The van der Waals surface area contributed by atoms with Crippen molar-refractivity contribution in [1.82, 2.24) is 15.0 Å². The summed E-state index contributed by atoms with van der Waals surface area (Å²) in [6.45, 7) is 8.79. The molecule has 0 saturated heterocycles. The number of aromatic nitrogens is 3. The maximum absolute atomic E-state index is 5.55. The zero-order valence-electron chi connectivity index (χ0n) is 12.2. The van der Waals surface area contributed by atoms with E-state index in [1.54, 1.807) is 6.20 Å². The largest absolute Gasteiger partial charge is 0.444 e. The van der Waals surface area contributed by atoms with Crippen molar-refractivity contribution >= 4 is 21.7 Å². The predicted molar refractivity (Wildman–Crippen MR) is 81.6 cm³/mol. The summed E-state index contributed by atoms with van der Waals surface area (Å²) in [6, 6.07) is 1.85. The van der Waals surface area contributed by atoms with Gasteiger partial charge in [0.05, 0.1) is 12.7 Å². The SMILES string of the molecule is CCc1cnc(CNc2cc(Br)nc(C(C)(C)C)n2)o1. The lowest BCUT2D eigenvalue weighted by Gasteiger charge is -2.17. The van der Waals surface area contributed by atoms with Crippen molar-refractivity contribution in [1.29, 1.82) is 0 Å². The summed E-state index contributed by atoms with van der Waals surface area (Å²) >= 11 is 3.42. The molecule has 2 heterocycles. The molecule has 0 aliphatic heterocycles. The van der Waals surface area contributed by atoms with Crippen molar-refractivity contribution < 1.29 is 4.42 Å². The molecule has 0 aliphatic carbocycles. The van der Waals surface area contributed by atoms with Gasteiger partial charge in [0.2, 0.25) is 5.89 Å². The van der Waals surface area contributed by atoms with E-state index in [2.05, 4.69) is 57.0 Å². The Morgan fingerprint density at radius 3 is 2.65 bits per heavy atom. The molecule has 108 valence electrons. The van der Waals surface area contributed by atoms with Crippen LogP contribution in [0.4, 0.5) is 5.82 Å². The van der Waals surface area contributed by atoms with Gasteiger partial charge in [-0.05, 0) is 15.9 Å². The molecule has 0 radical (unpaired) electrons. The Labute approximate surface area is 127 Å². The Morgan fingerprint density at radius 1 is 1.30 bits per heavy atom. The van der Waals surface area contributed by atoms with Gasteiger partial charge in [-0.2, -0.15) is 0 Å². The van der Waals surface area contributed by atoms with E-state index in [0.29, 0.717) is 12.4 Å². The van der Waals surface area contributed by atoms with E-state index < -0.39 is 0 Å². The van der Waals surface area contributed by atoms with E-state index in [9.17, 15) is 0 Å². The highest BCUT2D eigenvalue weighted by molar-refractivity contribution is 9.10. The Bertz CT molecular complexity index is 589. The van der Waals surface area contributed by atoms with Crippen molar-refractivity contribution in [3.8, 4) is 0 Å². The van der Waals surface area contributed by atoms with E-state index in [0.717, 1.165) is 28.4 Å². The predicted octanol–water partition coefficient (Wildman–Crippen LogP) is 3.70. The van der Waals surface area contributed by atoms with Crippen LogP contribution < -0.4 is 5.32 Å². The average Bonchev–Trinajstić information content (AvgIpc) is 2.82. The average molecular weight is 339 g/mol. The number of hydrogen-bond acceptors (Lipinski definition) is 5. The van der Waals surface area contributed by atoms with E-state index in [-0.39, 0.29) is 5.41 Å². The normalized spacial score (nSPS) is 11.7. The molecule has 2 aromatic rings. The molecule has 2 aromatic heterocycles. The van der Waals surface area contributed by atoms with Crippen LogP contribution in [0.2, 0.25) is 0 Å². The van der Waals surface area contributed by atoms with Crippen LogP contribution in [0.5, 0.6) is 0 Å². The molecule has 6 heteroatoms. The maximum Gasteiger partial charge on any atom is 0.213 e. The zero-order chi connectivity index (χ0) is 14.8. The number of nitrogens with one attached hydrogen (secondary N) is 1. The van der Waals surface area contributed by atoms with Crippen LogP contribution in [0.1, 0.15) is 45.2 Å². The number of nitrogens with zero attached hydrogens (tertiary/aromatic N) is 3. The molecule has 0 aromatic carbocycles. The van der Waals surface area contributed by atoms with Gasteiger partial charge in [-0.15, -0.1) is 0 Å². The van der Waals surface area contributed by atoms with Gasteiger partial charge < -0.3 is 9.73 Å². The second kappa shape index (κ2) is 5.91. The minimum atomic E-state index is -0.0987. The summed E-state index contributed by atoms with van der Waals surface area (Å²) in [5, 5.41) is 3.21. The molecule has 1 N–H and O–H groups in total. The van der Waals surface area contributed by atoms with Crippen LogP contribution in [0.15, 0.2) is 21.3 Å². The van der Waals surface area contributed by atoms with Gasteiger partial charge in [0, 0.05) is 17.9 Å².